The second kappa shape index (κ2) is 22.9. The van der Waals surface area contributed by atoms with E-state index < -0.39 is 53.4 Å². The summed E-state index contributed by atoms with van der Waals surface area (Å²) in [7, 11) is 0. The van der Waals surface area contributed by atoms with E-state index in [4.69, 9.17) is 55.9 Å². The lowest BCUT2D eigenvalue weighted by Gasteiger charge is -2.36. The lowest BCUT2D eigenvalue weighted by atomic mass is 9.92. The van der Waals surface area contributed by atoms with Crippen molar-refractivity contribution in [1.29, 1.82) is 0 Å². The Hall–Kier alpha value is -4.70. The first kappa shape index (κ1) is 54.6. The summed E-state index contributed by atoms with van der Waals surface area (Å²) in [6.07, 6.45) is 7.96. The Morgan fingerprint density at radius 3 is 1.46 bits per heavy atom. The number of aliphatic carboxylic acids is 2. The number of likely N-dealkylation sites (tertiary alicyclic amines) is 4. The van der Waals surface area contributed by atoms with Gasteiger partial charge in [-0.25, -0.2) is 18.4 Å². The highest BCUT2D eigenvalue weighted by molar-refractivity contribution is 6.36. The third kappa shape index (κ3) is 11.8. The van der Waals surface area contributed by atoms with Crippen molar-refractivity contribution in [2.45, 2.75) is 126 Å². The summed E-state index contributed by atoms with van der Waals surface area (Å²) in [6, 6.07) is 12.9. The van der Waals surface area contributed by atoms with E-state index in [9.17, 15) is 29.4 Å². The summed E-state index contributed by atoms with van der Waals surface area (Å²) in [5.74, 6) is -3.99. The van der Waals surface area contributed by atoms with Crippen LogP contribution in [0.25, 0.3) is 0 Å². The van der Waals surface area contributed by atoms with Gasteiger partial charge in [0, 0.05) is 63.3 Å². The van der Waals surface area contributed by atoms with E-state index in [-0.39, 0.29) is 66.4 Å². The van der Waals surface area contributed by atoms with Crippen molar-refractivity contribution >= 4 is 70.2 Å². The Morgan fingerprint density at radius 1 is 0.566 bits per heavy atom. The number of hydrogen-bond acceptors (Lipinski definition) is 8. The summed E-state index contributed by atoms with van der Waals surface area (Å²) in [6.45, 7) is 8.49. The van der Waals surface area contributed by atoms with Crippen LogP contribution in [0.5, 0.6) is 11.5 Å². The number of hydrogen-bond donors (Lipinski definition) is 2. The van der Waals surface area contributed by atoms with Gasteiger partial charge < -0.3 is 29.5 Å². The number of benzene rings is 4. The Kier molecular flexibility index (Phi) is 16.5. The number of carbonyl (C=O) groups is 4. The summed E-state index contributed by atoms with van der Waals surface area (Å²) >= 11 is 26.7. The molecule has 406 valence electrons. The van der Waals surface area contributed by atoms with Gasteiger partial charge in [-0.15, -0.1) is 0 Å². The molecule has 0 aromatic heterocycles. The van der Waals surface area contributed by atoms with E-state index in [0.717, 1.165) is 99.8 Å². The standard InChI is InChI=1S/C58H64Cl4F2N4O8/c1-31(37-18-40(59)23-41(60)19-37)65-14-9-33(10-15-65)29-76-53-27-49(64)45(25-43(53)36-7-8-36)56(70)68-28-39(22-51(68)58(73)74)54-46(61)20-38(21-47(54)62)32(2)66-16-11-34(12-17-66)30-75-52-26-48(63)44(24-42(52)35-5-6-35)55(69)67-13-3-4-50(67)57(71)72/h18-21,23-27,31-36,39,50-51H,3-17,22,28-30H2,1-2H3,(H,71,72)(H,73,74)/t31-,32+,39?,50-,51-/m0/s1. The third-order valence-electron chi connectivity index (χ3n) is 17.0. The first-order chi connectivity index (χ1) is 36.4. The molecule has 4 aromatic carbocycles. The molecular weight excluding hydrogens is 1060 g/mol. The van der Waals surface area contributed by atoms with Gasteiger partial charge in [0.05, 0.1) is 24.3 Å². The number of piperidine rings is 2. The number of carboxylic acid groups (broad SMARTS) is 2. The second-order valence-electron chi connectivity index (χ2n) is 22.1. The Bertz CT molecular complexity index is 2850. The van der Waals surface area contributed by atoms with Gasteiger partial charge in [-0.3, -0.25) is 19.4 Å². The van der Waals surface area contributed by atoms with E-state index in [1.807, 2.05) is 24.3 Å². The highest BCUT2D eigenvalue weighted by Crippen LogP contribution is 2.48. The summed E-state index contributed by atoms with van der Waals surface area (Å²) in [5, 5.41) is 22.0. The molecule has 2 saturated carbocycles. The molecule has 12 nitrogen and oxygen atoms in total. The lowest BCUT2D eigenvalue weighted by Crippen LogP contribution is -2.40. The molecule has 4 heterocycles. The number of rotatable bonds is 17. The maximum Gasteiger partial charge on any atom is 0.326 e. The van der Waals surface area contributed by atoms with Gasteiger partial charge in [-0.1, -0.05) is 46.4 Å². The van der Waals surface area contributed by atoms with Crippen LogP contribution in [0.4, 0.5) is 8.78 Å². The number of nitrogens with zero attached hydrogens (tertiary/aromatic N) is 4. The molecule has 18 heteroatoms. The maximum absolute atomic E-state index is 16.2. The molecule has 2 N–H and O–H groups in total. The largest absolute Gasteiger partial charge is 0.493 e. The average molecular weight is 1120 g/mol. The molecule has 4 aromatic rings. The minimum absolute atomic E-state index is 0.0132. The minimum Gasteiger partial charge on any atom is -0.493 e. The topological polar surface area (TPSA) is 140 Å². The first-order valence-electron chi connectivity index (χ1n) is 26.8. The van der Waals surface area contributed by atoms with Crippen LogP contribution in [0.3, 0.4) is 0 Å². The fourth-order valence-corrected chi connectivity index (χ4v) is 13.5. The van der Waals surface area contributed by atoms with Crippen molar-refractivity contribution in [3.05, 3.63) is 125 Å². The highest BCUT2D eigenvalue weighted by Gasteiger charge is 2.44. The van der Waals surface area contributed by atoms with Crippen LogP contribution in [0.2, 0.25) is 20.1 Å². The van der Waals surface area contributed by atoms with Crippen molar-refractivity contribution in [2.75, 3.05) is 52.5 Å². The van der Waals surface area contributed by atoms with Gasteiger partial charge in [-0.05, 0) is 205 Å². The molecule has 4 saturated heterocycles. The summed E-state index contributed by atoms with van der Waals surface area (Å²) < 4.78 is 44.4. The molecule has 76 heavy (non-hydrogen) atoms. The molecule has 5 atom stereocenters. The molecule has 6 aliphatic rings. The van der Waals surface area contributed by atoms with Gasteiger partial charge in [0.1, 0.15) is 35.2 Å². The molecule has 2 aliphatic carbocycles. The van der Waals surface area contributed by atoms with Crippen LogP contribution < -0.4 is 9.47 Å². The average Bonchev–Trinajstić information content (AvgIpc) is 4.35. The minimum atomic E-state index is -1.23. The quantitative estimate of drug-likeness (QED) is 0.105. The van der Waals surface area contributed by atoms with Gasteiger partial charge in [0.15, 0.2) is 0 Å². The van der Waals surface area contributed by atoms with Gasteiger partial charge in [0.25, 0.3) is 11.8 Å². The summed E-state index contributed by atoms with van der Waals surface area (Å²) in [4.78, 5) is 59.4. The maximum atomic E-state index is 16.2. The van der Waals surface area contributed by atoms with Gasteiger partial charge in [0.2, 0.25) is 0 Å². The summed E-state index contributed by atoms with van der Waals surface area (Å²) in [5.41, 5.74) is 3.75. The molecule has 10 rings (SSSR count). The molecule has 2 amide bonds. The van der Waals surface area contributed by atoms with Crippen LogP contribution in [-0.4, -0.2) is 118 Å². The van der Waals surface area contributed by atoms with Crippen LogP contribution >= 0.6 is 46.4 Å². The number of halogens is 6. The molecular formula is C58H64Cl4F2N4O8. The van der Waals surface area contributed by atoms with E-state index in [2.05, 4.69) is 23.6 Å². The van der Waals surface area contributed by atoms with E-state index in [0.29, 0.717) is 63.2 Å². The fourth-order valence-electron chi connectivity index (χ4n) is 12.1. The molecule has 6 fully saturated rings. The molecule has 0 spiro atoms. The van der Waals surface area contributed by atoms with Crippen molar-refractivity contribution < 1.29 is 47.6 Å². The van der Waals surface area contributed by atoms with Crippen LogP contribution in [0.15, 0.2) is 54.6 Å². The number of carbonyl (C=O) groups excluding carboxylic acids is 2. The zero-order valence-electron chi connectivity index (χ0n) is 42.7. The molecule has 0 radical (unpaired) electrons. The second-order valence-corrected chi connectivity index (χ2v) is 23.7. The van der Waals surface area contributed by atoms with Gasteiger partial charge in [-0.2, -0.15) is 0 Å². The Labute approximate surface area is 462 Å². The third-order valence-corrected chi connectivity index (χ3v) is 18.1. The van der Waals surface area contributed by atoms with E-state index >= 15 is 8.78 Å². The molecule has 1 unspecified atom stereocenters. The number of amides is 2. The van der Waals surface area contributed by atoms with E-state index in [1.54, 1.807) is 18.2 Å². The van der Waals surface area contributed by atoms with Crippen LogP contribution in [0.1, 0.15) is 163 Å². The Balaban J connectivity index is 0.745. The van der Waals surface area contributed by atoms with Crippen LogP contribution in [0, 0.1) is 23.5 Å². The van der Waals surface area contributed by atoms with E-state index in [1.165, 1.54) is 21.9 Å². The van der Waals surface area contributed by atoms with Gasteiger partial charge >= 0.3 is 11.9 Å². The molecule has 4 aliphatic heterocycles. The Morgan fingerprint density at radius 2 is 1.01 bits per heavy atom. The zero-order chi connectivity index (χ0) is 53.7. The molecule has 0 bridgehead atoms. The monoisotopic (exact) mass is 1120 g/mol. The number of ether oxygens (including phenoxy) is 2. The van der Waals surface area contributed by atoms with Crippen molar-refractivity contribution in [1.82, 2.24) is 19.6 Å². The fraction of sp³-hybridized carbons (Fsp3) is 0.517. The first-order valence-corrected chi connectivity index (χ1v) is 28.4. The normalized spacial score (nSPS) is 22.7. The zero-order valence-corrected chi connectivity index (χ0v) is 45.8. The number of carboxylic acids is 2. The smallest absolute Gasteiger partial charge is 0.326 e. The SMILES string of the molecule is C[C@H](c1cc(Cl)c(C2C[C@@H](C(=O)O)N(C(=O)c3cc(C4CC4)c(OCC4CCN([C@@H](C)c5cc(Cl)cc(Cl)c5)CC4)cc3F)C2)c(Cl)c1)N1CCC(COc2cc(F)c(C(=O)N3CCC[C@H]3C(=O)O)cc2C2CC2)CC1. The van der Waals surface area contributed by atoms with Crippen molar-refractivity contribution in [3.8, 4) is 11.5 Å². The predicted octanol–water partition coefficient (Wildman–Crippen LogP) is 12.8. The predicted molar refractivity (Wildman–Crippen MR) is 288 cm³/mol. The van der Waals surface area contributed by atoms with Crippen molar-refractivity contribution in [3.63, 3.8) is 0 Å². The highest BCUT2D eigenvalue weighted by atomic mass is 35.5. The lowest BCUT2D eigenvalue weighted by molar-refractivity contribution is -0.142. The van der Waals surface area contributed by atoms with Crippen molar-refractivity contribution in [2.24, 2.45) is 11.8 Å². The van der Waals surface area contributed by atoms with Crippen LogP contribution in [-0.2, 0) is 9.59 Å².